The van der Waals surface area contributed by atoms with Crippen molar-refractivity contribution in [1.82, 2.24) is 0 Å². The Balaban J connectivity index is 2.62. The molecule has 0 fully saturated rings. The van der Waals surface area contributed by atoms with Crippen LogP contribution in [0.5, 0.6) is 0 Å². The second kappa shape index (κ2) is 4.81. The van der Waals surface area contributed by atoms with E-state index in [-0.39, 0.29) is 0 Å². The number of alkyl halides is 1. The molecule has 0 spiro atoms. The van der Waals surface area contributed by atoms with E-state index in [9.17, 15) is 0 Å². The van der Waals surface area contributed by atoms with Crippen LogP contribution in [0, 0.1) is 0 Å². The van der Waals surface area contributed by atoms with Gasteiger partial charge in [0.15, 0.2) is 0 Å². The topological polar surface area (TPSA) is 0 Å². The molecule has 0 amide bonds. The Labute approximate surface area is 80.4 Å². The fraction of sp³-hybridized carbons (Fsp3) is 0.250. The Hall–Kier alpha value is 0.0200. The fourth-order valence-corrected chi connectivity index (χ4v) is 1.77. The summed E-state index contributed by atoms with van der Waals surface area (Å²) in [5.74, 6) is 0.627. The molecule has 0 bridgehead atoms. The molecule has 1 aromatic rings. The lowest BCUT2D eigenvalue weighted by molar-refractivity contribution is 1.24. The van der Waals surface area contributed by atoms with Crippen LogP contribution in [0.15, 0.2) is 23.6 Å². The van der Waals surface area contributed by atoms with Crippen LogP contribution < -0.4 is 0 Å². The summed E-state index contributed by atoms with van der Waals surface area (Å²) in [6.07, 6.45) is 2.78. The Bertz CT molecular complexity index is 226. The molecule has 0 aromatic carbocycles. The van der Waals surface area contributed by atoms with Gasteiger partial charge in [0.05, 0.1) is 5.03 Å². The quantitative estimate of drug-likeness (QED) is 0.658. The fourth-order valence-electron chi connectivity index (χ4n) is 0.696. The lowest BCUT2D eigenvalue weighted by atomic mass is 10.3. The summed E-state index contributed by atoms with van der Waals surface area (Å²) in [6, 6.07) is 3.98. The van der Waals surface area contributed by atoms with Gasteiger partial charge < -0.3 is 0 Å². The molecule has 3 heteroatoms. The van der Waals surface area contributed by atoms with Gasteiger partial charge in [-0.3, -0.25) is 0 Å². The van der Waals surface area contributed by atoms with Crippen LogP contribution in [-0.2, 0) is 0 Å². The van der Waals surface area contributed by atoms with Gasteiger partial charge in [-0.25, -0.2) is 0 Å². The Morgan fingerprint density at radius 1 is 1.64 bits per heavy atom. The molecule has 0 N–H and O–H groups in total. The second-order valence-electron chi connectivity index (χ2n) is 2.01. The Morgan fingerprint density at radius 3 is 3.00 bits per heavy atom. The van der Waals surface area contributed by atoms with E-state index in [2.05, 4.69) is 0 Å². The highest BCUT2D eigenvalue weighted by atomic mass is 35.5. The maximum Gasteiger partial charge on any atom is 0.0538 e. The maximum absolute atomic E-state index is 5.94. The first-order chi connectivity index (χ1) is 5.34. The van der Waals surface area contributed by atoms with Gasteiger partial charge in [0.1, 0.15) is 0 Å². The molecule has 0 saturated heterocycles. The number of allylic oxidation sites excluding steroid dienone is 1. The van der Waals surface area contributed by atoms with Gasteiger partial charge in [-0.1, -0.05) is 23.7 Å². The van der Waals surface area contributed by atoms with Gasteiger partial charge in [-0.15, -0.1) is 22.9 Å². The van der Waals surface area contributed by atoms with Crippen LogP contribution in [-0.4, -0.2) is 5.88 Å². The van der Waals surface area contributed by atoms with Crippen LogP contribution in [0.1, 0.15) is 11.3 Å². The monoisotopic (exact) mass is 206 g/mol. The molecule has 1 heterocycles. The number of halogens is 2. The van der Waals surface area contributed by atoms with Crippen molar-refractivity contribution in [3.05, 3.63) is 28.5 Å². The van der Waals surface area contributed by atoms with Crippen molar-refractivity contribution >= 4 is 39.6 Å². The zero-order chi connectivity index (χ0) is 8.10. The minimum Gasteiger partial charge on any atom is -0.143 e. The Morgan fingerprint density at radius 2 is 2.45 bits per heavy atom. The van der Waals surface area contributed by atoms with Crippen molar-refractivity contribution < 1.29 is 0 Å². The van der Waals surface area contributed by atoms with Crippen LogP contribution in [0.2, 0.25) is 0 Å². The summed E-state index contributed by atoms with van der Waals surface area (Å²) in [6.45, 7) is 0. The van der Waals surface area contributed by atoms with Gasteiger partial charge in [0.2, 0.25) is 0 Å². The Kier molecular flexibility index (Phi) is 3.98. The minimum atomic E-state index is 0.627. The molecule has 0 atom stereocenters. The van der Waals surface area contributed by atoms with Gasteiger partial charge in [-0.05, 0) is 17.9 Å². The molecule has 0 aliphatic rings. The zero-order valence-corrected chi connectivity index (χ0v) is 8.22. The van der Waals surface area contributed by atoms with Crippen molar-refractivity contribution in [3.63, 3.8) is 0 Å². The minimum absolute atomic E-state index is 0.627. The summed E-state index contributed by atoms with van der Waals surface area (Å²) < 4.78 is 0. The van der Waals surface area contributed by atoms with Crippen molar-refractivity contribution in [2.75, 3.05) is 5.88 Å². The molecule has 1 aromatic heterocycles. The SMILES string of the molecule is ClCC/C=C(\Cl)c1cccs1. The van der Waals surface area contributed by atoms with E-state index < -0.39 is 0 Å². The summed E-state index contributed by atoms with van der Waals surface area (Å²) in [5, 5.41) is 2.81. The van der Waals surface area contributed by atoms with E-state index in [4.69, 9.17) is 23.2 Å². The average molecular weight is 207 g/mol. The third-order valence-electron chi connectivity index (χ3n) is 1.19. The standard InChI is InChI=1S/C8H8Cl2S/c9-5-1-3-7(10)8-4-2-6-11-8/h2-4,6H,1,5H2/b7-3-. The maximum atomic E-state index is 5.94. The highest BCUT2D eigenvalue weighted by Gasteiger charge is 1.96. The normalized spacial score (nSPS) is 12.0. The third-order valence-corrected chi connectivity index (χ3v) is 2.78. The van der Waals surface area contributed by atoms with Crippen molar-refractivity contribution in [1.29, 1.82) is 0 Å². The number of hydrogen-bond donors (Lipinski definition) is 0. The first-order valence-electron chi connectivity index (χ1n) is 3.30. The van der Waals surface area contributed by atoms with Crippen LogP contribution in [0.25, 0.3) is 5.03 Å². The van der Waals surface area contributed by atoms with Gasteiger partial charge in [0.25, 0.3) is 0 Å². The van der Waals surface area contributed by atoms with Gasteiger partial charge >= 0.3 is 0 Å². The van der Waals surface area contributed by atoms with Gasteiger partial charge in [-0.2, -0.15) is 0 Å². The summed E-state index contributed by atoms with van der Waals surface area (Å²) in [4.78, 5) is 1.11. The van der Waals surface area contributed by atoms with Crippen LogP contribution in [0.4, 0.5) is 0 Å². The molecular formula is C8H8Cl2S. The van der Waals surface area contributed by atoms with Crippen LogP contribution in [0.3, 0.4) is 0 Å². The number of hydrogen-bond acceptors (Lipinski definition) is 1. The molecule has 11 heavy (non-hydrogen) atoms. The smallest absolute Gasteiger partial charge is 0.0538 e. The highest BCUT2D eigenvalue weighted by molar-refractivity contribution is 7.12. The molecule has 0 saturated carbocycles. The van der Waals surface area contributed by atoms with E-state index in [1.165, 1.54) is 0 Å². The molecular weight excluding hydrogens is 199 g/mol. The predicted molar refractivity (Wildman–Crippen MR) is 53.5 cm³/mol. The van der Waals surface area contributed by atoms with E-state index in [0.29, 0.717) is 5.88 Å². The van der Waals surface area contributed by atoms with E-state index >= 15 is 0 Å². The third kappa shape index (κ3) is 2.86. The van der Waals surface area contributed by atoms with Crippen molar-refractivity contribution in [2.45, 2.75) is 6.42 Å². The van der Waals surface area contributed by atoms with Crippen LogP contribution >= 0.6 is 34.5 Å². The molecule has 0 aliphatic heterocycles. The summed E-state index contributed by atoms with van der Waals surface area (Å²) in [7, 11) is 0. The molecule has 0 nitrogen and oxygen atoms in total. The lowest BCUT2D eigenvalue weighted by Gasteiger charge is -1.91. The molecule has 0 unspecified atom stereocenters. The number of thiophene rings is 1. The summed E-state index contributed by atoms with van der Waals surface area (Å²) >= 11 is 13.1. The molecule has 60 valence electrons. The first-order valence-corrected chi connectivity index (χ1v) is 5.09. The predicted octanol–water partition coefficient (Wildman–Crippen LogP) is 3.96. The highest BCUT2D eigenvalue weighted by Crippen LogP contribution is 2.23. The average Bonchev–Trinajstić information content (AvgIpc) is 2.52. The zero-order valence-electron chi connectivity index (χ0n) is 5.89. The lowest BCUT2D eigenvalue weighted by Crippen LogP contribution is -1.70. The molecule has 0 aliphatic carbocycles. The summed E-state index contributed by atoms with van der Waals surface area (Å²) in [5.41, 5.74) is 0. The van der Waals surface area contributed by atoms with Gasteiger partial charge in [0, 0.05) is 10.8 Å². The van der Waals surface area contributed by atoms with E-state index in [1.54, 1.807) is 11.3 Å². The first kappa shape index (κ1) is 9.11. The van der Waals surface area contributed by atoms with E-state index in [1.807, 2.05) is 23.6 Å². The largest absolute Gasteiger partial charge is 0.143 e. The van der Waals surface area contributed by atoms with Crippen molar-refractivity contribution in [2.24, 2.45) is 0 Å². The molecule has 1 rings (SSSR count). The second-order valence-corrected chi connectivity index (χ2v) is 3.74. The molecule has 0 radical (unpaired) electrons. The van der Waals surface area contributed by atoms with Crippen molar-refractivity contribution in [3.8, 4) is 0 Å². The number of rotatable bonds is 3. The van der Waals surface area contributed by atoms with E-state index in [0.717, 1.165) is 16.3 Å².